The number of allylic oxidation sites excluding steroid dienone is 2. The van der Waals surface area contributed by atoms with E-state index in [0.717, 1.165) is 30.3 Å². The maximum absolute atomic E-state index is 12.7. The van der Waals surface area contributed by atoms with E-state index in [1.165, 1.54) is 12.1 Å². The lowest BCUT2D eigenvalue weighted by molar-refractivity contribution is -0.385. The van der Waals surface area contributed by atoms with Crippen LogP contribution in [0.15, 0.2) is 53.2 Å². The summed E-state index contributed by atoms with van der Waals surface area (Å²) in [6, 6.07) is 7.21. The van der Waals surface area contributed by atoms with E-state index in [1.807, 2.05) is 0 Å². The molecule has 0 fully saturated rings. The number of alkyl halides is 3. The van der Waals surface area contributed by atoms with Gasteiger partial charge in [0.1, 0.15) is 16.3 Å². The van der Waals surface area contributed by atoms with Crippen molar-refractivity contribution >= 4 is 34.5 Å². The van der Waals surface area contributed by atoms with Crippen LogP contribution in [0.1, 0.15) is 26.3 Å². The number of carbonyl (C=O) groups is 2. The molecule has 27 heavy (non-hydrogen) atoms. The number of benzene rings is 2. The van der Waals surface area contributed by atoms with Gasteiger partial charge in [-0.05, 0) is 30.3 Å². The minimum Gasteiger partial charge on any atom is -0.351 e. The van der Waals surface area contributed by atoms with Gasteiger partial charge in [-0.15, -0.1) is 0 Å². The zero-order valence-corrected chi connectivity index (χ0v) is 13.9. The number of nitro benzene ring substituents is 1. The number of nitro groups is 1. The zero-order valence-electron chi connectivity index (χ0n) is 13.1. The number of Topliss-reactive ketones (excluding diaryl/α,β-unsaturated/α-hetero) is 2. The number of fused-ring (bicyclic) bond motifs is 1. The van der Waals surface area contributed by atoms with Crippen LogP contribution in [0.3, 0.4) is 0 Å². The molecule has 6 nitrogen and oxygen atoms in total. The second-order valence-corrected chi connectivity index (χ2v) is 5.88. The normalized spacial score (nSPS) is 14.2. The van der Waals surface area contributed by atoms with Crippen LogP contribution in [0.4, 0.5) is 24.5 Å². The first kappa shape index (κ1) is 18.6. The van der Waals surface area contributed by atoms with Crippen LogP contribution in [-0.2, 0) is 6.18 Å². The number of nitrogens with one attached hydrogen (secondary N) is 1. The quantitative estimate of drug-likeness (QED) is 0.607. The molecule has 0 atom stereocenters. The lowest BCUT2D eigenvalue weighted by atomic mass is 9.91. The summed E-state index contributed by atoms with van der Waals surface area (Å²) in [7, 11) is 0. The van der Waals surface area contributed by atoms with Gasteiger partial charge in [-0.2, -0.15) is 13.2 Å². The Morgan fingerprint density at radius 1 is 1.00 bits per heavy atom. The molecule has 0 amide bonds. The van der Waals surface area contributed by atoms with Crippen molar-refractivity contribution in [1.82, 2.24) is 0 Å². The SMILES string of the molecule is O=C1C(Cl)=C(Nc2ccc(C(F)(F)F)cc2)C(=O)c2c1cccc2[N+](=O)[O-]. The van der Waals surface area contributed by atoms with Crippen molar-refractivity contribution in [2.24, 2.45) is 0 Å². The number of rotatable bonds is 3. The Balaban J connectivity index is 2.02. The summed E-state index contributed by atoms with van der Waals surface area (Å²) in [5.74, 6) is -1.70. The molecule has 0 radical (unpaired) electrons. The Bertz CT molecular complexity index is 1010. The van der Waals surface area contributed by atoms with Crippen LogP contribution in [0, 0.1) is 10.1 Å². The van der Waals surface area contributed by atoms with Crippen molar-refractivity contribution in [1.29, 1.82) is 0 Å². The summed E-state index contributed by atoms with van der Waals surface area (Å²) in [6.45, 7) is 0. The van der Waals surface area contributed by atoms with E-state index in [9.17, 15) is 32.9 Å². The van der Waals surface area contributed by atoms with Crippen molar-refractivity contribution in [3.63, 3.8) is 0 Å². The van der Waals surface area contributed by atoms with E-state index < -0.39 is 50.2 Å². The molecule has 0 bridgehead atoms. The average molecular weight is 397 g/mol. The molecule has 1 aliphatic rings. The van der Waals surface area contributed by atoms with Crippen molar-refractivity contribution in [3.8, 4) is 0 Å². The van der Waals surface area contributed by atoms with Gasteiger partial charge in [-0.3, -0.25) is 19.7 Å². The molecule has 1 N–H and O–H groups in total. The molecule has 0 unspecified atom stereocenters. The highest BCUT2D eigenvalue weighted by Gasteiger charge is 2.37. The molecular weight excluding hydrogens is 389 g/mol. The van der Waals surface area contributed by atoms with Gasteiger partial charge in [0.2, 0.25) is 11.6 Å². The van der Waals surface area contributed by atoms with Gasteiger partial charge in [0.15, 0.2) is 0 Å². The van der Waals surface area contributed by atoms with Crippen molar-refractivity contribution in [2.45, 2.75) is 6.18 Å². The molecule has 0 aromatic heterocycles. The number of halogens is 4. The zero-order chi connectivity index (χ0) is 19.9. The smallest absolute Gasteiger partial charge is 0.351 e. The van der Waals surface area contributed by atoms with Gasteiger partial charge in [0.05, 0.1) is 10.5 Å². The Morgan fingerprint density at radius 3 is 2.19 bits per heavy atom. The Morgan fingerprint density at radius 2 is 1.63 bits per heavy atom. The standard InChI is InChI=1S/C17H8ClF3N2O4/c18-13-14(22-9-6-4-8(5-7-9)17(19,20)21)16(25)12-10(15(13)24)2-1-3-11(12)23(26)27/h1-7,22H. The molecule has 138 valence electrons. The lowest BCUT2D eigenvalue weighted by Crippen LogP contribution is -2.25. The van der Waals surface area contributed by atoms with Crippen molar-refractivity contribution in [3.05, 3.63) is 80.0 Å². The van der Waals surface area contributed by atoms with Crippen LogP contribution in [-0.4, -0.2) is 16.5 Å². The topological polar surface area (TPSA) is 89.3 Å². The third kappa shape index (κ3) is 3.28. The monoisotopic (exact) mass is 396 g/mol. The summed E-state index contributed by atoms with van der Waals surface area (Å²) in [4.78, 5) is 35.4. The van der Waals surface area contributed by atoms with E-state index >= 15 is 0 Å². The van der Waals surface area contributed by atoms with Crippen LogP contribution in [0.25, 0.3) is 0 Å². The van der Waals surface area contributed by atoms with Gasteiger partial charge in [-0.25, -0.2) is 0 Å². The molecule has 10 heteroatoms. The van der Waals surface area contributed by atoms with E-state index in [1.54, 1.807) is 0 Å². The molecule has 0 saturated heterocycles. The van der Waals surface area contributed by atoms with E-state index in [2.05, 4.69) is 5.32 Å². The number of anilines is 1. The van der Waals surface area contributed by atoms with Gasteiger partial charge < -0.3 is 5.32 Å². The summed E-state index contributed by atoms with van der Waals surface area (Å²) in [6.07, 6.45) is -4.54. The van der Waals surface area contributed by atoms with Gasteiger partial charge in [0.25, 0.3) is 5.69 Å². The molecule has 3 rings (SSSR count). The predicted octanol–water partition coefficient (Wildman–Crippen LogP) is 4.56. The molecule has 1 aliphatic carbocycles. The maximum Gasteiger partial charge on any atom is 0.416 e. The summed E-state index contributed by atoms with van der Waals surface area (Å²) >= 11 is 5.94. The van der Waals surface area contributed by atoms with Gasteiger partial charge in [-0.1, -0.05) is 17.7 Å². The van der Waals surface area contributed by atoms with Crippen molar-refractivity contribution in [2.75, 3.05) is 5.32 Å². The molecule has 2 aromatic rings. The molecule has 0 saturated carbocycles. The van der Waals surface area contributed by atoms with Crippen LogP contribution in [0.2, 0.25) is 0 Å². The van der Waals surface area contributed by atoms with E-state index in [4.69, 9.17) is 11.6 Å². The third-order valence-electron chi connectivity index (χ3n) is 3.84. The maximum atomic E-state index is 12.7. The number of carbonyl (C=O) groups excluding carboxylic acids is 2. The summed E-state index contributed by atoms with van der Waals surface area (Å²) in [5, 5.41) is 13.1. The van der Waals surface area contributed by atoms with Crippen molar-refractivity contribution < 1.29 is 27.7 Å². The first-order valence-corrected chi connectivity index (χ1v) is 7.70. The second kappa shape index (κ2) is 6.51. The van der Waals surface area contributed by atoms with E-state index in [0.29, 0.717) is 0 Å². The fraction of sp³-hybridized carbons (Fsp3) is 0.0588. The third-order valence-corrected chi connectivity index (χ3v) is 4.20. The lowest BCUT2D eigenvalue weighted by Gasteiger charge is -2.19. The fourth-order valence-electron chi connectivity index (χ4n) is 2.58. The molecule has 0 heterocycles. The Labute approximate surface area is 154 Å². The van der Waals surface area contributed by atoms with Crippen LogP contribution >= 0.6 is 11.6 Å². The molecular formula is C17H8ClF3N2O4. The number of hydrogen-bond donors (Lipinski definition) is 1. The highest BCUT2D eigenvalue weighted by atomic mass is 35.5. The molecule has 0 aliphatic heterocycles. The molecule has 0 spiro atoms. The fourth-order valence-corrected chi connectivity index (χ4v) is 2.81. The average Bonchev–Trinajstić information content (AvgIpc) is 2.62. The highest BCUT2D eigenvalue weighted by molar-refractivity contribution is 6.50. The van der Waals surface area contributed by atoms with E-state index in [-0.39, 0.29) is 11.3 Å². The van der Waals surface area contributed by atoms with Gasteiger partial charge >= 0.3 is 6.18 Å². The number of nitrogens with zero attached hydrogens (tertiary/aromatic N) is 1. The summed E-state index contributed by atoms with van der Waals surface area (Å²) in [5.41, 5.74) is -2.49. The minimum atomic E-state index is -4.54. The van der Waals surface area contributed by atoms with Gasteiger partial charge in [0, 0.05) is 17.3 Å². The van der Waals surface area contributed by atoms with Crippen LogP contribution < -0.4 is 5.32 Å². The number of ketones is 2. The largest absolute Gasteiger partial charge is 0.416 e. The minimum absolute atomic E-state index is 0.0549. The van der Waals surface area contributed by atoms with Crippen LogP contribution in [0.5, 0.6) is 0 Å². The summed E-state index contributed by atoms with van der Waals surface area (Å²) < 4.78 is 37.9. The first-order chi connectivity index (χ1) is 12.6. The highest BCUT2D eigenvalue weighted by Crippen LogP contribution is 2.35. The molecule has 2 aromatic carbocycles. The number of hydrogen-bond acceptors (Lipinski definition) is 5. The Hall–Kier alpha value is -3.20. The predicted molar refractivity (Wildman–Crippen MR) is 89.7 cm³/mol. The Kier molecular flexibility index (Phi) is 4.48. The first-order valence-electron chi connectivity index (χ1n) is 7.32. The second-order valence-electron chi connectivity index (χ2n) is 5.50.